The Bertz CT molecular complexity index is 245. The molecule has 0 unspecified atom stereocenters. The third-order valence-electron chi connectivity index (χ3n) is 3.17. The number of hydrogen-bond acceptors (Lipinski definition) is 3. The molecule has 0 aromatic rings. The third-order valence-corrected chi connectivity index (χ3v) is 3.17. The Morgan fingerprint density at radius 3 is 2.76 bits per heavy atom. The van der Waals surface area contributed by atoms with Crippen LogP contribution in [0.25, 0.3) is 0 Å². The first kappa shape index (κ1) is 14.2. The molecule has 4 nitrogen and oxygen atoms in total. The highest BCUT2D eigenvalue weighted by atomic mass is 16.1. The van der Waals surface area contributed by atoms with Crippen LogP contribution >= 0.6 is 0 Å². The van der Waals surface area contributed by atoms with Crippen LogP contribution in [0.4, 0.5) is 0 Å². The van der Waals surface area contributed by atoms with Gasteiger partial charge >= 0.3 is 0 Å². The van der Waals surface area contributed by atoms with E-state index in [1.807, 2.05) is 0 Å². The smallest absolute Gasteiger partial charge is 0.243 e. The van der Waals surface area contributed by atoms with Crippen molar-refractivity contribution in [2.45, 2.75) is 38.6 Å². The van der Waals surface area contributed by atoms with E-state index in [4.69, 9.17) is 5.73 Å². The number of piperidine rings is 1. The lowest BCUT2D eigenvalue weighted by molar-refractivity contribution is -0.117. The Hall–Kier alpha value is -0.870. The molecule has 0 saturated carbocycles. The van der Waals surface area contributed by atoms with E-state index in [1.54, 1.807) is 6.08 Å². The molecule has 0 aromatic carbocycles. The van der Waals surface area contributed by atoms with Crippen molar-refractivity contribution in [1.29, 1.82) is 0 Å². The van der Waals surface area contributed by atoms with Crippen LogP contribution in [0.5, 0.6) is 0 Å². The second-order valence-electron chi connectivity index (χ2n) is 4.62. The summed E-state index contributed by atoms with van der Waals surface area (Å²) in [5, 5.41) is 3.02. The van der Waals surface area contributed by atoms with Gasteiger partial charge < -0.3 is 16.0 Å². The maximum absolute atomic E-state index is 11.5. The first-order valence-corrected chi connectivity index (χ1v) is 6.65. The fraction of sp³-hybridized carbons (Fsp3) is 0.769. The average molecular weight is 239 g/mol. The van der Waals surface area contributed by atoms with E-state index in [0.29, 0.717) is 12.6 Å². The van der Waals surface area contributed by atoms with Gasteiger partial charge in [-0.1, -0.05) is 19.4 Å². The predicted octanol–water partition coefficient (Wildman–Crippen LogP) is 0.882. The third kappa shape index (κ3) is 5.84. The minimum Gasteiger partial charge on any atom is -0.350 e. The van der Waals surface area contributed by atoms with E-state index in [-0.39, 0.29) is 5.91 Å². The van der Waals surface area contributed by atoms with Crippen LogP contribution in [0.2, 0.25) is 0 Å². The summed E-state index contributed by atoms with van der Waals surface area (Å²) in [5.74, 6) is -0.0116. The van der Waals surface area contributed by atoms with Crippen molar-refractivity contribution < 1.29 is 4.79 Å². The Morgan fingerprint density at radius 1 is 1.47 bits per heavy atom. The molecule has 4 heteroatoms. The van der Waals surface area contributed by atoms with Gasteiger partial charge in [-0.05, 0) is 25.8 Å². The molecule has 0 radical (unpaired) electrons. The highest BCUT2D eigenvalue weighted by Crippen LogP contribution is 2.10. The van der Waals surface area contributed by atoms with Gasteiger partial charge in [-0.15, -0.1) is 0 Å². The van der Waals surface area contributed by atoms with Crippen molar-refractivity contribution >= 4 is 5.91 Å². The maximum Gasteiger partial charge on any atom is 0.243 e. The van der Waals surface area contributed by atoms with Crippen LogP contribution in [0, 0.1) is 0 Å². The van der Waals surface area contributed by atoms with Crippen LogP contribution in [-0.4, -0.2) is 43.0 Å². The predicted molar refractivity (Wildman–Crippen MR) is 70.7 cm³/mol. The molecule has 0 atom stereocenters. The van der Waals surface area contributed by atoms with Gasteiger partial charge in [0, 0.05) is 31.8 Å². The van der Waals surface area contributed by atoms with Gasteiger partial charge in [0.05, 0.1) is 0 Å². The van der Waals surface area contributed by atoms with Gasteiger partial charge in [0.25, 0.3) is 0 Å². The van der Waals surface area contributed by atoms with Crippen molar-refractivity contribution in [3.8, 4) is 0 Å². The fourth-order valence-electron chi connectivity index (χ4n) is 2.11. The molecule has 1 heterocycles. The lowest BCUT2D eigenvalue weighted by Gasteiger charge is -2.32. The van der Waals surface area contributed by atoms with Gasteiger partial charge in [0.15, 0.2) is 0 Å². The zero-order valence-electron chi connectivity index (χ0n) is 10.8. The first-order valence-electron chi connectivity index (χ1n) is 6.65. The molecule has 1 aliphatic rings. The first-order chi connectivity index (χ1) is 8.26. The van der Waals surface area contributed by atoms with Crippen molar-refractivity contribution in [2.24, 2.45) is 5.73 Å². The molecule has 0 aliphatic carbocycles. The van der Waals surface area contributed by atoms with E-state index < -0.39 is 0 Å². The van der Waals surface area contributed by atoms with Crippen molar-refractivity contribution in [1.82, 2.24) is 10.2 Å². The van der Waals surface area contributed by atoms with Gasteiger partial charge in [-0.3, -0.25) is 4.79 Å². The number of rotatable bonds is 6. The lowest BCUT2D eigenvalue weighted by Crippen LogP contribution is -2.44. The number of amides is 1. The second-order valence-corrected chi connectivity index (χ2v) is 4.62. The number of nitrogens with one attached hydrogen (secondary N) is 1. The van der Waals surface area contributed by atoms with E-state index in [2.05, 4.69) is 17.1 Å². The monoisotopic (exact) mass is 239 g/mol. The molecule has 1 fully saturated rings. The van der Waals surface area contributed by atoms with Crippen LogP contribution in [0.1, 0.15) is 32.6 Å². The Morgan fingerprint density at radius 2 is 2.18 bits per heavy atom. The summed E-state index contributed by atoms with van der Waals surface area (Å²) in [7, 11) is 0. The minimum absolute atomic E-state index is 0.0116. The average Bonchev–Trinajstić information content (AvgIpc) is 2.35. The maximum atomic E-state index is 11.5. The number of carbonyl (C=O) groups is 1. The molecule has 1 rings (SSSR count). The Kier molecular flexibility index (Phi) is 6.89. The summed E-state index contributed by atoms with van der Waals surface area (Å²) in [6.45, 7) is 6.04. The van der Waals surface area contributed by atoms with Gasteiger partial charge in [0.1, 0.15) is 0 Å². The summed E-state index contributed by atoms with van der Waals surface area (Å²) in [6, 6.07) is 0.336. The summed E-state index contributed by atoms with van der Waals surface area (Å²) < 4.78 is 0. The minimum atomic E-state index is -0.0116. The summed E-state index contributed by atoms with van der Waals surface area (Å²) in [5.41, 5.74) is 5.30. The van der Waals surface area contributed by atoms with E-state index in [0.717, 1.165) is 25.9 Å². The molecule has 1 saturated heterocycles. The van der Waals surface area contributed by atoms with Crippen LogP contribution in [-0.2, 0) is 4.79 Å². The molecule has 0 bridgehead atoms. The topological polar surface area (TPSA) is 58.4 Å². The van der Waals surface area contributed by atoms with Crippen molar-refractivity contribution in [3.05, 3.63) is 12.2 Å². The summed E-state index contributed by atoms with van der Waals surface area (Å²) >= 11 is 0. The van der Waals surface area contributed by atoms with Crippen molar-refractivity contribution in [3.63, 3.8) is 0 Å². The van der Waals surface area contributed by atoms with Gasteiger partial charge in [-0.2, -0.15) is 0 Å². The summed E-state index contributed by atoms with van der Waals surface area (Å²) in [6.07, 6.45) is 7.86. The van der Waals surface area contributed by atoms with Crippen LogP contribution in [0.3, 0.4) is 0 Å². The quantitative estimate of drug-likeness (QED) is 0.677. The highest BCUT2D eigenvalue weighted by molar-refractivity contribution is 5.87. The number of likely N-dealkylation sites (tertiary alicyclic amines) is 1. The zero-order valence-corrected chi connectivity index (χ0v) is 10.8. The van der Waals surface area contributed by atoms with Crippen LogP contribution in [0.15, 0.2) is 12.2 Å². The number of nitrogens with two attached hydrogens (primary N) is 1. The molecule has 0 spiro atoms. The molecular weight excluding hydrogens is 214 g/mol. The number of hydrogen-bond donors (Lipinski definition) is 2. The molecule has 0 aromatic heterocycles. The molecule has 17 heavy (non-hydrogen) atoms. The van der Waals surface area contributed by atoms with Crippen molar-refractivity contribution in [2.75, 3.05) is 26.2 Å². The zero-order chi connectivity index (χ0) is 12.5. The highest BCUT2D eigenvalue weighted by Gasteiger charge is 2.19. The molecule has 3 N–H and O–H groups in total. The summed E-state index contributed by atoms with van der Waals surface area (Å²) in [4.78, 5) is 13.9. The fourth-order valence-corrected chi connectivity index (χ4v) is 2.11. The largest absolute Gasteiger partial charge is 0.350 e. The Balaban J connectivity index is 2.18. The van der Waals surface area contributed by atoms with Gasteiger partial charge in [0.2, 0.25) is 5.91 Å². The molecular formula is C13H25N3O. The van der Waals surface area contributed by atoms with Gasteiger partial charge in [-0.25, -0.2) is 0 Å². The molecule has 1 aliphatic heterocycles. The SMILES string of the molecule is CCCCN1CCC(NC(=O)/C=C/CN)CC1. The van der Waals surface area contributed by atoms with E-state index in [9.17, 15) is 4.79 Å². The molecule has 98 valence electrons. The Labute approximate surface area is 104 Å². The molecule has 1 amide bonds. The number of nitrogens with zero attached hydrogens (tertiary/aromatic N) is 1. The van der Waals surface area contributed by atoms with Crippen LogP contribution < -0.4 is 11.1 Å². The second kappa shape index (κ2) is 8.25. The normalized spacial score (nSPS) is 18.7. The standard InChI is InChI=1S/C13H25N3O/c1-2-3-9-16-10-6-12(7-11-16)15-13(17)5-4-8-14/h4-5,12H,2-3,6-11,14H2,1H3,(H,15,17)/b5-4+. The van der Waals surface area contributed by atoms with E-state index in [1.165, 1.54) is 25.5 Å². The number of unbranched alkanes of at least 4 members (excludes halogenated alkanes) is 1. The lowest BCUT2D eigenvalue weighted by atomic mass is 10.0. The number of carbonyl (C=O) groups excluding carboxylic acids is 1. The van der Waals surface area contributed by atoms with E-state index >= 15 is 0 Å².